The number of nitrogens with zero attached hydrogens (tertiary/aromatic N) is 1. The lowest BCUT2D eigenvalue weighted by atomic mass is 10.2. The van der Waals surface area contributed by atoms with Crippen LogP contribution in [0, 0.1) is 0 Å². The van der Waals surface area contributed by atoms with E-state index in [1.54, 1.807) is 14.2 Å². The molecular formula is C12H20IN3O. The van der Waals surface area contributed by atoms with E-state index < -0.39 is 0 Å². The van der Waals surface area contributed by atoms with Crippen LogP contribution in [0.4, 0.5) is 0 Å². The minimum absolute atomic E-state index is 0. The number of ether oxygens (including phenoxy) is 1. The lowest BCUT2D eigenvalue weighted by molar-refractivity contribution is 0.203. The lowest BCUT2D eigenvalue weighted by Crippen LogP contribution is -2.38. The summed E-state index contributed by atoms with van der Waals surface area (Å²) in [7, 11) is 3.44. The second kappa shape index (κ2) is 10.3. The predicted molar refractivity (Wildman–Crippen MR) is 81.9 cm³/mol. The van der Waals surface area contributed by atoms with Crippen LogP contribution in [0.25, 0.3) is 0 Å². The van der Waals surface area contributed by atoms with Gasteiger partial charge in [0.2, 0.25) is 0 Å². The van der Waals surface area contributed by atoms with Crippen LogP contribution >= 0.6 is 24.0 Å². The summed E-state index contributed by atoms with van der Waals surface area (Å²) in [5, 5.41) is 6.38. The third kappa shape index (κ3) is 7.17. The van der Waals surface area contributed by atoms with Crippen LogP contribution in [0.1, 0.15) is 5.56 Å². The largest absolute Gasteiger partial charge is 0.383 e. The second-order valence-electron chi connectivity index (χ2n) is 3.33. The minimum Gasteiger partial charge on any atom is -0.383 e. The number of guanidine groups is 1. The summed E-state index contributed by atoms with van der Waals surface area (Å²) in [6, 6.07) is 10.2. The summed E-state index contributed by atoms with van der Waals surface area (Å²) in [5.41, 5.74) is 1.23. The molecule has 1 aromatic carbocycles. The van der Waals surface area contributed by atoms with E-state index in [1.807, 2.05) is 18.2 Å². The molecule has 0 amide bonds. The molecule has 1 rings (SSSR count). The van der Waals surface area contributed by atoms with Gasteiger partial charge in [0, 0.05) is 27.2 Å². The number of aliphatic imine (C=N–C) groups is 1. The summed E-state index contributed by atoms with van der Waals surface area (Å²) < 4.78 is 4.95. The quantitative estimate of drug-likeness (QED) is 0.368. The molecule has 0 heterocycles. The van der Waals surface area contributed by atoms with Gasteiger partial charge in [-0.05, 0) is 5.56 Å². The van der Waals surface area contributed by atoms with Crippen molar-refractivity contribution in [3.05, 3.63) is 35.9 Å². The number of benzene rings is 1. The number of hydrogen-bond acceptors (Lipinski definition) is 2. The maximum atomic E-state index is 4.95. The van der Waals surface area contributed by atoms with Gasteiger partial charge in [-0.15, -0.1) is 24.0 Å². The molecule has 1 aromatic rings. The minimum atomic E-state index is 0. The molecule has 2 N–H and O–H groups in total. The SMILES string of the molecule is CN=C(NCCOC)NCc1ccccc1.I. The third-order valence-corrected chi connectivity index (χ3v) is 2.13. The summed E-state index contributed by atoms with van der Waals surface area (Å²) in [5.74, 6) is 0.793. The van der Waals surface area contributed by atoms with Gasteiger partial charge in [-0.25, -0.2) is 0 Å². The fourth-order valence-electron chi connectivity index (χ4n) is 1.27. The Hall–Kier alpha value is -0.820. The maximum absolute atomic E-state index is 4.95. The van der Waals surface area contributed by atoms with Gasteiger partial charge in [-0.3, -0.25) is 4.99 Å². The van der Waals surface area contributed by atoms with Gasteiger partial charge in [-0.2, -0.15) is 0 Å². The smallest absolute Gasteiger partial charge is 0.191 e. The van der Waals surface area contributed by atoms with E-state index in [1.165, 1.54) is 5.56 Å². The van der Waals surface area contributed by atoms with E-state index in [2.05, 4.69) is 27.8 Å². The zero-order valence-electron chi connectivity index (χ0n) is 10.3. The first-order valence-corrected chi connectivity index (χ1v) is 5.34. The van der Waals surface area contributed by atoms with E-state index in [4.69, 9.17) is 4.74 Å². The van der Waals surface area contributed by atoms with Crippen molar-refractivity contribution < 1.29 is 4.74 Å². The van der Waals surface area contributed by atoms with Crippen LogP contribution < -0.4 is 10.6 Å². The molecule has 0 saturated carbocycles. The van der Waals surface area contributed by atoms with E-state index in [0.717, 1.165) is 19.0 Å². The topological polar surface area (TPSA) is 45.7 Å². The Labute approximate surface area is 120 Å². The summed E-state index contributed by atoms with van der Waals surface area (Å²) in [6.45, 7) is 2.20. The monoisotopic (exact) mass is 349 g/mol. The average Bonchev–Trinajstić information content (AvgIpc) is 2.35. The van der Waals surface area contributed by atoms with Crippen molar-refractivity contribution >= 4 is 29.9 Å². The molecule has 5 heteroatoms. The molecule has 0 aliphatic carbocycles. The van der Waals surface area contributed by atoms with Gasteiger partial charge in [0.25, 0.3) is 0 Å². The van der Waals surface area contributed by atoms with Crippen LogP contribution in [0.2, 0.25) is 0 Å². The van der Waals surface area contributed by atoms with Crippen LogP contribution in [0.3, 0.4) is 0 Å². The Balaban J connectivity index is 0.00000256. The fourth-order valence-corrected chi connectivity index (χ4v) is 1.27. The number of nitrogens with one attached hydrogen (secondary N) is 2. The number of methoxy groups -OCH3 is 1. The fraction of sp³-hybridized carbons (Fsp3) is 0.417. The Kier molecular flexibility index (Phi) is 9.84. The molecule has 0 spiro atoms. The van der Waals surface area contributed by atoms with Crippen LogP contribution in [0.5, 0.6) is 0 Å². The van der Waals surface area contributed by atoms with Gasteiger partial charge in [0.05, 0.1) is 6.61 Å². The van der Waals surface area contributed by atoms with Crippen molar-refractivity contribution in [1.82, 2.24) is 10.6 Å². The molecule has 0 aliphatic rings. The first-order valence-electron chi connectivity index (χ1n) is 5.34. The predicted octanol–water partition coefficient (Wildman–Crippen LogP) is 1.62. The first-order chi connectivity index (χ1) is 7.86. The molecule has 0 unspecified atom stereocenters. The van der Waals surface area contributed by atoms with Gasteiger partial charge < -0.3 is 15.4 Å². The van der Waals surface area contributed by atoms with E-state index in [-0.39, 0.29) is 24.0 Å². The van der Waals surface area contributed by atoms with Crippen molar-refractivity contribution in [2.45, 2.75) is 6.54 Å². The molecule has 0 fully saturated rings. The normalized spacial score (nSPS) is 10.6. The summed E-state index contributed by atoms with van der Waals surface area (Å²) in [6.07, 6.45) is 0. The van der Waals surface area contributed by atoms with Gasteiger partial charge in [0.15, 0.2) is 5.96 Å². The molecule has 0 radical (unpaired) electrons. The average molecular weight is 349 g/mol. The van der Waals surface area contributed by atoms with Crippen molar-refractivity contribution in [3.8, 4) is 0 Å². The highest BCUT2D eigenvalue weighted by Gasteiger charge is 1.96. The van der Waals surface area contributed by atoms with Crippen LogP contribution in [-0.2, 0) is 11.3 Å². The lowest BCUT2D eigenvalue weighted by Gasteiger charge is -2.11. The first kappa shape index (κ1) is 16.2. The Morgan fingerprint density at radius 3 is 2.53 bits per heavy atom. The molecule has 96 valence electrons. The molecule has 0 bridgehead atoms. The van der Waals surface area contributed by atoms with E-state index >= 15 is 0 Å². The number of halogens is 1. The number of hydrogen-bond donors (Lipinski definition) is 2. The maximum Gasteiger partial charge on any atom is 0.191 e. The van der Waals surface area contributed by atoms with Gasteiger partial charge in [0.1, 0.15) is 0 Å². The van der Waals surface area contributed by atoms with Crippen molar-refractivity contribution in [3.63, 3.8) is 0 Å². The Bertz CT molecular complexity index is 317. The molecule has 0 saturated heterocycles. The molecule has 0 aromatic heterocycles. The van der Waals surface area contributed by atoms with Gasteiger partial charge >= 0.3 is 0 Å². The summed E-state index contributed by atoms with van der Waals surface area (Å²) >= 11 is 0. The molecule has 0 atom stereocenters. The van der Waals surface area contributed by atoms with Crippen molar-refractivity contribution in [2.24, 2.45) is 4.99 Å². The van der Waals surface area contributed by atoms with Crippen LogP contribution in [0.15, 0.2) is 35.3 Å². The van der Waals surface area contributed by atoms with E-state index in [9.17, 15) is 0 Å². The summed E-state index contributed by atoms with van der Waals surface area (Å²) in [4.78, 5) is 4.11. The van der Waals surface area contributed by atoms with Crippen molar-refractivity contribution in [1.29, 1.82) is 0 Å². The molecule has 4 nitrogen and oxygen atoms in total. The zero-order chi connectivity index (χ0) is 11.6. The van der Waals surface area contributed by atoms with Gasteiger partial charge in [-0.1, -0.05) is 30.3 Å². The highest BCUT2D eigenvalue weighted by molar-refractivity contribution is 14.0. The van der Waals surface area contributed by atoms with Crippen molar-refractivity contribution in [2.75, 3.05) is 27.3 Å². The van der Waals surface area contributed by atoms with Crippen LogP contribution in [-0.4, -0.2) is 33.3 Å². The third-order valence-electron chi connectivity index (χ3n) is 2.13. The standard InChI is InChI=1S/C12H19N3O.HI/c1-13-12(14-8-9-16-2)15-10-11-6-4-3-5-7-11;/h3-7H,8-10H2,1-2H3,(H2,13,14,15);1H. The zero-order valence-corrected chi connectivity index (χ0v) is 12.6. The Morgan fingerprint density at radius 1 is 1.24 bits per heavy atom. The second-order valence-corrected chi connectivity index (χ2v) is 3.33. The molecule has 0 aliphatic heterocycles. The highest BCUT2D eigenvalue weighted by Crippen LogP contribution is 1.96. The number of rotatable bonds is 5. The van der Waals surface area contributed by atoms with E-state index in [0.29, 0.717) is 6.61 Å². The Morgan fingerprint density at radius 2 is 1.94 bits per heavy atom. The highest BCUT2D eigenvalue weighted by atomic mass is 127. The molecular weight excluding hydrogens is 329 g/mol. The molecule has 17 heavy (non-hydrogen) atoms.